The van der Waals surface area contributed by atoms with Gasteiger partial charge in [0, 0.05) is 0 Å². The Balaban J connectivity index is 2.57. The van der Waals surface area contributed by atoms with Crippen LogP contribution < -0.4 is 0 Å². The molecular formula is C19H25NOSi. The topological polar surface area (TPSA) is 33.0 Å². The summed E-state index contributed by atoms with van der Waals surface area (Å²) in [5.74, 6) is 2.93. The van der Waals surface area contributed by atoms with Gasteiger partial charge in [0.05, 0.1) is 6.07 Å². The number of rotatable bonds is 7. The quantitative estimate of drug-likeness (QED) is 0.533. The number of nitrogens with zero attached hydrogens (tertiary/aromatic N) is 1. The van der Waals surface area contributed by atoms with Crippen LogP contribution in [0.1, 0.15) is 39.2 Å². The zero-order chi connectivity index (χ0) is 16.3. The van der Waals surface area contributed by atoms with E-state index in [1.807, 2.05) is 30.3 Å². The predicted molar refractivity (Wildman–Crippen MR) is 92.5 cm³/mol. The molecule has 0 aliphatic heterocycles. The molecule has 0 unspecified atom stereocenters. The minimum Gasteiger partial charge on any atom is -0.396 e. The summed E-state index contributed by atoms with van der Waals surface area (Å²) in [5, 5.41) is 9.79. The van der Waals surface area contributed by atoms with Gasteiger partial charge in [0.25, 0.3) is 0 Å². The highest BCUT2D eigenvalue weighted by Crippen LogP contribution is 2.60. The first-order valence-electron chi connectivity index (χ1n) is 8.22. The Morgan fingerprint density at radius 1 is 1.18 bits per heavy atom. The number of hydrogen-bond acceptors (Lipinski definition) is 2. The van der Waals surface area contributed by atoms with Crippen molar-refractivity contribution in [1.29, 1.82) is 5.26 Å². The Kier molecular flexibility index (Phi) is 4.80. The van der Waals surface area contributed by atoms with Crippen LogP contribution in [0.2, 0.25) is 18.1 Å². The molecule has 2 nitrogen and oxygen atoms in total. The Bertz CT molecular complexity index is 582. The molecule has 1 aliphatic carbocycles. The molecule has 3 heteroatoms. The van der Waals surface area contributed by atoms with Gasteiger partial charge in [-0.2, -0.15) is 5.26 Å². The van der Waals surface area contributed by atoms with E-state index in [2.05, 4.69) is 32.8 Å². The van der Waals surface area contributed by atoms with Crippen LogP contribution in [-0.4, -0.2) is 8.32 Å². The first kappa shape index (κ1) is 16.8. The molecule has 0 amide bonds. The molecule has 1 atom stereocenters. The van der Waals surface area contributed by atoms with E-state index in [1.54, 1.807) is 0 Å². The van der Waals surface area contributed by atoms with Crippen molar-refractivity contribution in [2.45, 2.75) is 57.3 Å². The molecule has 1 saturated carbocycles. The Morgan fingerprint density at radius 3 is 2.09 bits per heavy atom. The van der Waals surface area contributed by atoms with Gasteiger partial charge in [-0.15, -0.1) is 6.42 Å². The molecule has 0 saturated heterocycles. The van der Waals surface area contributed by atoms with E-state index in [0.29, 0.717) is 0 Å². The van der Waals surface area contributed by atoms with Crippen LogP contribution >= 0.6 is 0 Å². The van der Waals surface area contributed by atoms with E-state index in [-0.39, 0.29) is 0 Å². The zero-order valence-electron chi connectivity index (χ0n) is 13.9. The van der Waals surface area contributed by atoms with Gasteiger partial charge >= 0.3 is 0 Å². The maximum absolute atomic E-state index is 9.79. The summed E-state index contributed by atoms with van der Waals surface area (Å²) in [5.41, 5.74) is -0.484. The van der Waals surface area contributed by atoms with E-state index < -0.39 is 19.3 Å². The highest BCUT2D eigenvalue weighted by Gasteiger charge is 2.63. The maximum Gasteiger partial charge on any atom is 0.194 e. The molecule has 116 valence electrons. The smallest absolute Gasteiger partial charge is 0.194 e. The zero-order valence-corrected chi connectivity index (χ0v) is 14.9. The van der Waals surface area contributed by atoms with E-state index in [9.17, 15) is 5.26 Å². The SMILES string of the molecule is C#C[C@](O[Si](CC)(CC)CC)(c1ccccc1)C1(C#N)CC1. The van der Waals surface area contributed by atoms with E-state index in [1.165, 1.54) is 0 Å². The standard InChI is InChI=1S/C19H25NOSi/c1-5-19(18(16-20)14-15-18,17-12-10-9-11-13-17)21-22(6-2,7-3)8-4/h1,9-13H,6-8,14-15H2,2-4H3/t19-/m0/s1. The molecule has 1 aromatic carbocycles. The molecule has 1 aromatic rings. The van der Waals surface area contributed by atoms with E-state index in [0.717, 1.165) is 36.5 Å². The highest BCUT2D eigenvalue weighted by atomic mass is 28.4. The van der Waals surface area contributed by atoms with Crippen molar-refractivity contribution in [3.8, 4) is 18.4 Å². The maximum atomic E-state index is 9.79. The van der Waals surface area contributed by atoms with Crippen molar-refractivity contribution in [1.82, 2.24) is 0 Å². The van der Waals surface area contributed by atoms with Crippen molar-refractivity contribution in [3.05, 3.63) is 35.9 Å². The summed E-state index contributed by atoms with van der Waals surface area (Å²) >= 11 is 0. The van der Waals surface area contributed by atoms with Gasteiger partial charge in [-0.1, -0.05) is 57.0 Å². The predicted octanol–water partition coefficient (Wildman–Crippen LogP) is 4.84. The summed E-state index contributed by atoms with van der Waals surface area (Å²) in [6.07, 6.45) is 7.66. The first-order chi connectivity index (χ1) is 10.6. The summed E-state index contributed by atoms with van der Waals surface area (Å²) in [6.45, 7) is 6.58. The molecule has 1 aliphatic rings. The lowest BCUT2D eigenvalue weighted by molar-refractivity contribution is 0.0609. The minimum atomic E-state index is -1.94. The van der Waals surface area contributed by atoms with Crippen LogP contribution in [0.4, 0.5) is 0 Å². The molecule has 0 N–H and O–H groups in total. The normalized spacial score (nSPS) is 18.8. The van der Waals surface area contributed by atoms with Crippen molar-refractivity contribution >= 4 is 8.32 Å². The monoisotopic (exact) mass is 311 g/mol. The van der Waals surface area contributed by atoms with Gasteiger partial charge < -0.3 is 4.43 Å². The van der Waals surface area contributed by atoms with Crippen LogP contribution in [0.5, 0.6) is 0 Å². The third-order valence-corrected chi connectivity index (χ3v) is 9.93. The highest BCUT2D eigenvalue weighted by molar-refractivity contribution is 6.73. The second kappa shape index (κ2) is 6.29. The van der Waals surface area contributed by atoms with Crippen LogP contribution in [0.3, 0.4) is 0 Å². The fraction of sp³-hybridized carbons (Fsp3) is 0.526. The number of terminal acetylenes is 1. The van der Waals surface area contributed by atoms with Gasteiger partial charge in [0.2, 0.25) is 0 Å². The van der Waals surface area contributed by atoms with Crippen LogP contribution in [0.25, 0.3) is 0 Å². The van der Waals surface area contributed by atoms with Gasteiger partial charge in [-0.3, -0.25) is 0 Å². The van der Waals surface area contributed by atoms with Crippen LogP contribution in [-0.2, 0) is 10.0 Å². The molecular weight excluding hydrogens is 286 g/mol. The lowest BCUT2D eigenvalue weighted by Gasteiger charge is -2.42. The average molecular weight is 312 g/mol. The Hall–Kier alpha value is -1.55. The van der Waals surface area contributed by atoms with Crippen molar-refractivity contribution in [3.63, 3.8) is 0 Å². The summed E-state index contributed by atoms with van der Waals surface area (Å²) in [4.78, 5) is 0. The Labute approximate surface area is 135 Å². The van der Waals surface area contributed by atoms with Crippen molar-refractivity contribution in [2.75, 3.05) is 0 Å². The van der Waals surface area contributed by atoms with E-state index in [4.69, 9.17) is 10.8 Å². The van der Waals surface area contributed by atoms with Crippen molar-refractivity contribution < 1.29 is 4.43 Å². The van der Waals surface area contributed by atoms with Crippen LogP contribution in [0, 0.1) is 29.1 Å². The molecule has 0 heterocycles. The minimum absolute atomic E-state index is 0.555. The molecule has 2 rings (SSSR count). The van der Waals surface area contributed by atoms with Gasteiger partial charge in [0.1, 0.15) is 5.41 Å². The number of hydrogen-bond donors (Lipinski definition) is 0. The van der Waals surface area contributed by atoms with Gasteiger partial charge in [0.15, 0.2) is 13.9 Å². The molecule has 1 fully saturated rings. The average Bonchev–Trinajstić information content (AvgIpc) is 3.39. The third kappa shape index (κ3) is 2.49. The molecule has 22 heavy (non-hydrogen) atoms. The fourth-order valence-corrected chi connectivity index (χ4v) is 6.27. The third-order valence-electron chi connectivity index (χ3n) is 5.32. The van der Waals surface area contributed by atoms with E-state index >= 15 is 0 Å². The Morgan fingerprint density at radius 2 is 1.73 bits per heavy atom. The van der Waals surface area contributed by atoms with Gasteiger partial charge in [-0.25, -0.2) is 0 Å². The second-order valence-corrected chi connectivity index (χ2v) is 10.9. The summed E-state index contributed by atoms with van der Waals surface area (Å²) < 4.78 is 6.81. The second-order valence-electron chi connectivity index (χ2n) is 6.23. The lowest BCUT2D eigenvalue weighted by Crippen LogP contribution is -2.49. The number of benzene rings is 1. The lowest BCUT2D eigenvalue weighted by atomic mass is 9.80. The molecule has 0 radical (unpaired) electrons. The fourth-order valence-electron chi connectivity index (χ4n) is 3.32. The molecule has 0 aromatic heterocycles. The molecule has 0 spiro atoms. The summed E-state index contributed by atoms with van der Waals surface area (Å²) in [7, 11) is -1.94. The van der Waals surface area contributed by atoms with Crippen molar-refractivity contribution in [2.24, 2.45) is 5.41 Å². The molecule has 0 bridgehead atoms. The largest absolute Gasteiger partial charge is 0.396 e. The van der Waals surface area contributed by atoms with Gasteiger partial charge in [-0.05, 0) is 36.5 Å². The summed E-state index contributed by atoms with van der Waals surface area (Å²) in [6, 6.07) is 15.5. The van der Waals surface area contributed by atoms with Crippen LogP contribution in [0.15, 0.2) is 30.3 Å². The first-order valence-corrected chi connectivity index (χ1v) is 10.7. The number of nitriles is 1.